The Morgan fingerprint density at radius 3 is 2.58 bits per heavy atom. The van der Waals surface area contributed by atoms with Crippen LogP contribution < -0.4 is 4.74 Å². The average Bonchev–Trinajstić information content (AvgIpc) is 3.05. The minimum absolute atomic E-state index is 0.218. The molecule has 2 rings (SSSR count). The molecule has 1 aromatic carbocycles. The van der Waals surface area contributed by atoms with Crippen molar-refractivity contribution in [3.8, 4) is 5.75 Å². The van der Waals surface area contributed by atoms with Gasteiger partial charge in [0, 0.05) is 13.1 Å². The highest BCUT2D eigenvalue weighted by Gasteiger charge is 2.27. The molecule has 26 heavy (non-hydrogen) atoms. The fraction of sp³-hybridized carbons (Fsp3) is 0.500. The van der Waals surface area contributed by atoms with Crippen LogP contribution in [0.2, 0.25) is 0 Å². The Morgan fingerprint density at radius 2 is 1.96 bits per heavy atom. The number of benzene rings is 1. The summed E-state index contributed by atoms with van der Waals surface area (Å²) in [4.78, 5) is 13.2. The third-order valence-corrected chi connectivity index (χ3v) is 4.72. The quantitative estimate of drug-likeness (QED) is 0.653. The number of likely N-dealkylation sites (tertiary alicyclic amines) is 1. The van der Waals surface area contributed by atoms with E-state index in [2.05, 4.69) is 50.0 Å². The van der Waals surface area contributed by atoms with Crippen LogP contribution in [0.25, 0.3) is 0 Å². The normalized spacial score (nSPS) is 18.0. The maximum atomic E-state index is 11.0. The Hall–Kier alpha value is -2.07. The molecule has 142 valence electrons. The summed E-state index contributed by atoms with van der Waals surface area (Å²) in [5, 5.41) is 9.08. The van der Waals surface area contributed by atoms with Gasteiger partial charge < -0.3 is 9.84 Å². The molecule has 1 saturated heterocycles. The monoisotopic (exact) mass is 357 g/mol. The van der Waals surface area contributed by atoms with Gasteiger partial charge in [-0.15, -0.1) is 0 Å². The first kappa shape index (κ1) is 20.2. The topological polar surface area (TPSA) is 49.8 Å². The molecule has 1 N–H and O–H groups in total. The highest BCUT2D eigenvalue weighted by Crippen LogP contribution is 2.20. The Balaban J connectivity index is 1.74. The Labute approximate surface area is 157 Å². The largest absolute Gasteiger partial charge is 0.490 e. The molecule has 1 aliphatic rings. The Bertz CT molecular complexity index is 642. The third kappa shape index (κ3) is 7.04. The number of ether oxygens (including phenoxy) is 1. The van der Waals surface area contributed by atoms with E-state index in [4.69, 9.17) is 9.84 Å². The van der Waals surface area contributed by atoms with Gasteiger partial charge in [-0.25, -0.2) is 0 Å². The number of hydrogen-bond donors (Lipinski definition) is 1. The van der Waals surface area contributed by atoms with Crippen LogP contribution >= 0.6 is 0 Å². The summed E-state index contributed by atoms with van der Waals surface area (Å²) in [6, 6.07) is 8.11. The number of aliphatic carboxylic acids is 1. The molecule has 1 fully saturated rings. The van der Waals surface area contributed by atoms with Gasteiger partial charge in [0.15, 0.2) is 0 Å². The summed E-state index contributed by atoms with van der Waals surface area (Å²) < 4.78 is 5.79. The number of allylic oxidation sites excluding steroid dienone is 3. The van der Waals surface area contributed by atoms with E-state index in [9.17, 15) is 4.79 Å². The van der Waals surface area contributed by atoms with E-state index in [0.717, 1.165) is 38.1 Å². The zero-order chi connectivity index (χ0) is 18.9. The van der Waals surface area contributed by atoms with Gasteiger partial charge in [0.25, 0.3) is 0 Å². The number of carboxylic acids is 1. The van der Waals surface area contributed by atoms with Crippen molar-refractivity contribution in [1.29, 1.82) is 0 Å². The Morgan fingerprint density at radius 1 is 1.23 bits per heavy atom. The van der Waals surface area contributed by atoms with E-state index in [1.807, 2.05) is 12.1 Å². The maximum Gasteiger partial charge on any atom is 0.307 e. The van der Waals surface area contributed by atoms with Crippen molar-refractivity contribution < 1.29 is 14.6 Å². The van der Waals surface area contributed by atoms with E-state index in [0.29, 0.717) is 13.2 Å². The number of rotatable bonds is 9. The van der Waals surface area contributed by atoms with E-state index in [-0.39, 0.29) is 5.92 Å². The summed E-state index contributed by atoms with van der Waals surface area (Å²) in [7, 11) is 0. The molecule has 1 aliphatic heterocycles. The molecule has 1 heterocycles. The molecule has 4 nitrogen and oxygen atoms in total. The van der Waals surface area contributed by atoms with Crippen LogP contribution in [-0.4, -0.2) is 35.7 Å². The molecule has 0 aromatic heterocycles. The van der Waals surface area contributed by atoms with Crippen LogP contribution in [0.4, 0.5) is 0 Å². The SMILES string of the molecule is CC(C)=CCC/C(C)=C/COc1ccc(CN2CCC(C(=O)O)C2)cc1. The van der Waals surface area contributed by atoms with Crippen LogP contribution in [0.15, 0.2) is 47.6 Å². The summed E-state index contributed by atoms with van der Waals surface area (Å²) in [5.74, 6) is -0.0308. The molecule has 1 atom stereocenters. The predicted molar refractivity (Wildman–Crippen MR) is 105 cm³/mol. The molecular formula is C22H31NO3. The molecule has 4 heteroatoms. The second-order valence-electron chi connectivity index (χ2n) is 7.38. The van der Waals surface area contributed by atoms with E-state index in [1.165, 1.54) is 16.7 Å². The lowest BCUT2D eigenvalue weighted by atomic mass is 10.1. The lowest BCUT2D eigenvalue weighted by Gasteiger charge is -2.15. The molecule has 0 amide bonds. The second-order valence-corrected chi connectivity index (χ2v) is 7.38. The van der Waals surface area contributed by atoms with E-state index < -0.39 is 5.97 Å². The lowest BCUT2D eigenvalue weighted by Crippen LogP contribution is -2.22. The number of carbonyl (C=O) groups is 1. The van der Waals surface area contributed by atoms with Gasteiger partial charge >= 0.3 is 5.97 Å². The molecule has 1 unspecified atom stereocenters. The van der Waals surface area contributed by atoms with Crippen molar-refractivity contribution in [3.63, 3.8) is 0 Å². The van der Waals surface area contributed by atoms with Gasteiger partial charge in [-0.3, -0.25) is 9.69 Å². The van der Waals surface area contributed by atoms with Gasteiger partial charge in [-0.2, -0.15) is 0 Å². The lowest BCUT2D eigenvalue weighted by molar-refractivity contribution is -0.141. The Kier molecular flexibility index (Phi) is 7.92. The summed E-state index contributed by atoms with van der Waals surface area (Å²) in [5.41, 5.74) is 3.90. The maximum absolute atomic E-state index is 11.0. The van der Waals surface area contributed by atoms with Gasteiger partial charge in [0.1, 0.15) is 12.4 Å². The average molecular weight is 357 g/mol. The zero-order valence-corrected chi connectivity index (χ0v) is 16.2. The predicted octanol–water partition coefficient (Wildman–Crippen LogP) is 4.66. The molecule has 0 spiro atoms. The first-order valence-corrected chi connectivity index (χ1v) is 9.40. The molecule has 0 saturated carbocycles. The molecule has 1 aromatic rings. The van der Waals surface area contributed by atoms with Crippen molar-refractivity contribution in [2.75, 3.05) is 19.7 Å². The minimum atomic E-state index is -0.680. The van der Waals surface area contributed by atoms with Crippen molar-refractivity contribution in [3.05, 3.63) is 53.1 Å². The molecule has 0 radical (unpaired) electrons. The number of hydrogen-bond acceptors (Lipinski definition) is 3. The van der Waals surface area contributed by atoms with Crippen molar-refractivity contribution in [2.24, 2.45) is 5.92 Å². The van der Waals surface area contributed by atoms with Gasteiger partial charge in [0.05, 0.1) is 5.92 Å². The zero-order valence-electron chi connectivity index (χ0n) is 16.2. The van der Waals surface area contributed by atoms with E-state index in [1.54, 1.807) is 0 Å². The van der Waals surface area contributed by atoms with Crippen LogP contribution in [0.5, 0.6) is 5.75 Å². The standard InChI is InChI=1S/C22H31NO3/c1-17(2)5-4-6-18(3)12-14-26-21-9-7-19(8-10-21)15-23-13-11-20(16-23)22(24)25/h5,7-10,12,20H,4,6,11,13-16H2,1-3H3,(H,24,25)/b18-12+. The minimum Gasteiger partial charge on any atom is -0.490 e. The second kappa shape index (κ2) is 10.2. The van der Waals surface area contributed by atoms with Crippen molar-refractivity contribution in [1.82, 2.24) is 4.90 Å². The fourth-order valence-electron chi connectivity index (χ4n) is 3.10. The fourth-order valence-corrected chi connectivity index (χ4v) is 3.10. The number of nitrogens with zero attached hydrogens (tertiary/aromatic N) is 1. The van der Waals surface area contributed by atoms with Crippen molar-refractivity contribution >= 4 is 5.97 Å². The van der Waals surface area contributed by atoms with Crippen LogP contribution in [-0.2, 0) is 11.3 Å². The first-order valence-electron chi connectivity index (χ1n) is 9.40. The summed E-state index contributed by atoms with van der Waals surface area (Å²) >= 11 is 0. The van der Waals surface area contributed by atoms with Gasteiger partial charge in [-0.1, -0.05) is 29.4 Å². The van der Waals surface area contributed by atoms with Crippen LogP contribution in [0.1, 0.15) is 45.6 Å². The number of carboxylic acid groups (broad SMARTS) is 1. The van der Waals surface area contributed by atoms with Crippen LogP contribution in [0, 0.1) is 5.92 Å². The van der Waals surface area contributed by atoms with Crippen molar-refractivity contribution in [2.45, 2.75) is 46.6 Å². The van der Waals surface area contributed by atoms with Gasteiger partial charge in [-0.05, 0) is 70.4 Å². The smallest absolute Gasteiger partial charge is 0.307 e. The highest BCUT2D eigenvalue weighted by atomic mass is 16.5. The molecule has 0 aliphatic carbocycles. The highest BCUT2D eigenvalue weighted by molar-refractivity contribution is 5.70. The molecule has 0 bridgehead atoms. The van der Waals surface area contributed by atoms with E-state index >= 15 is 0 Å². The summed E-state index contributed by atoms with van der Waals surface area (Å²) in [6.45, 7) is 9.28. The van der Waals surface area contributed by atoms with Crippen LogP contribution in [0.3, 0.4) is 0 Å². The first-order chi connectivity index (χ1) is 12.4. The third-order valence-electron chi connectivity index (χ3n) is 4.72. The van der Waals surface area contributed by atoms with Gasteiger partial charge in [0.2, 0.25) is 0 Å². The summed E-state index contributed by atoms with van der Waals surface area (Å²) in [6.07, 6.45) is 7.30. The molecular weight excluding hydrogens is 326 g/mol.